The van der Waals surface area contributed by atoms with Crippen LogP contribution in [0, 0.1) is 45.3 Å². The molecule has 0 radical (unpaired) electrons. The van der Waals surface area contributed by atoms with Crippen LogP contribution in [-0.2, 0) is 0 Å². The van der Waals surface area contributed by atoms with Crippen LogP contribution in [0.3, 0.4) is 0 Å². The molecule has 5 rings (SSSR count). The first-order valence-corrected chi connectivity index (χ1v) is 12.3. The summed E-state index contributed by atoms with van der Waals surface area (Å²) >= 11 is 0. The van der Waals surface area contributed by atoms with Gasteiger partial charge in [-0.2, -0.15) is 21.0 Å². The van der Waals surface area contributed by atoms with Crippen LogP contribution >= 0.6 is 0 Å². The smallest absolute Gasteiger partial charge is 0.406 e. The summed E-state index contributed by atoms with van der Waals surface area (Å²) in [7, 11) is 0. The lowest BCUT2D eigenvalue weighted by Crippen LogP contribution is -2.16. The van der Waals surface area contributed by atoms with Gasteiger partial charge in [0, 0.05) is 16.7 Å². The third kappa shape index (κ3) is 5.61. The van der Waals surface area contributed by atoms with Gasteiger partial charge in [-0.1, -0.05) is 24.3 Å². The van der Waals surface area contributed by atoms with Crippen LogP contribution in [0.5, 0.6) is 11.5 Å². The summed E-state index contributed by atoms with van der Waals surface area (Å²) < 4.78 is 83.6. The molecule has 214 valence electrons. The molecule has 44 heavy (non-hydrogen) atoms. The first-order valence-electron chi connectivity index (χ1n) is 12.3. The van der Waals surface area contributed by atoms with E-state index in [4.69, 9.17) is 0 Å². The minimum Gasteiger partial charge on any atom is -0.406 e. The maximum Gasteiger partial charge on any atom is 0.573 e. The summed E-state index contributed by atoms with van der Waals surface area (Å²) in [6.07, 6.45) is -9.80. The van der Waals surface area contributed by atoms with Crippen LogP contribution in [-0.4, -0.2) is 12.7 Å². The molecule has 0 heterocycles. The monoisotopic (exact) mass is 598 g/mol. The van der Waals surface area contributed by atoms with E-state index in [1.807, 2.05) is 12.1 Å². The maximum absolute atomic E-state index is 12.6. The zero-order chi connectivity index (χ0) is 31.8. The largest absolute Gasteiger partial charge is 0.573 e. The van der Waals surface area contributed by atoms with E-state index >= 15 is 0 Å². The van der Waals surface area contributed by atoms with E-state index in [1.54, 1.807) is 0 Å². The predicted molar refractivity (Wildman–Crippen MR) is 143 cm³/mol. The van der Waals surface area contributed by atoms with E-state index in [1.165, 1.54) is 48.5 Å². The molecule has 6 nitrogen and oxygen atoms in total. The highest BCUT2D eigenvalue weighted by Crippen LogP contribution is 2.50. The van der Waals surface area contributed by atoms with E-state index in [0.29, 0.717) is 44.5 Å². The number of ether oxygens (including phenoxy) is 2. The molecule has 0 amide bonds. The highest BCUT2D eigenvalue weighted by Gasteiger charge is 2.33. The average molecular weight is 598 g/mol. The van der Waals surface area contributed by atoms with Gasteiger partial charge in [-0.25, -0.2) is 0 Å². The SMILES string of the molecule is N#CC(C#N)=C1c2cc(-c3ccc(OC(F)(F)F)cc3)c(C#N)cc2-c2cc(C#N)c(-c3ccc(OC(F)(F)F)cc3)cc21. The van der Waals surface area contributed by atoms with E-state index in [9.17, 15) is 47.4 Å². The van der Waals surface area contributed by atoms with Crippen molar-refractivity contribution in [2.24, 2.45) is 0 Å². The molecule has 1 aliphatic carbocycles. The van der Waals surface area contributed by atoms with Gasteiger partial charge in [0.1, 0.15) is 29.2 Å². The Morgan fingerprint density at radius 1 is 0.500 bits per heavy atom. The van der Waals surface area contributed by atoms with Crippen molar-refractivity contribution < 1.29 is 35.8 Å². The van der Waals surface area contributed by atoms with Crippen molar-refractivity contribution >= 4 is 5.57 Å². The Kier molecular flexibility index (Phi) is 7.23. The lowest BCUT2D eigenvalue weighted by molar-refractivity contribution is -0.275. The van der Waals surface area contributed by atoms with E-state index in [2.05, 4.69) is 21.6 Å². The van der Waals surface area contributed by atoms with Gasteiger partial charge in [0.25, 0.3) is 0 Å². The number of hydrogen-bond donors (Lipinski definition) is 0. The molecule has 12 heteroatoms. The van der Waals surface area contributed by atoms with Crippen LogP contribution in [0.4, 0.5) is 26.3 Å². The number of fused-ring (bicyclic) bond motifs is 3. The summed E-state index contributed by atoms with van der Waals surface area (Å²) in [5.74, 6) is -0.945. The molecule has 0 saturated heterocycles. The standard InChI is InChI=1S/C32H12F6N4O2/c33-31(34,35)43-22-5-1-17(2-6-22)24-11-28-26(9-19(24)13-39)27-10-20(14-40)25(12-29(27)30(28)21(15-41)16-42)18-3-7-23(8-4-18)44-32(36,37)38/h1-12H. The van der Waals surface area contributed by atoms with E-state index in [-0.39, 0.29) is 22.3 Å². The van der Waals surface area contributed by atoms with Crippen LogP contribution in [0.2, 0.25) is 0 Å². The van der Waals surface area contributed by atoms with Crippen molar-refractivity contribution in [2.45, 2.75) is 12.7 Å². The third-order valence-corrected chi connectivity index (χ3v) is 6.66. The maximum atomic E-state index is 12.6. The number of rotatable bonds is 4. The van der Waals surface area contributed by atoms with Crippen molar-refractivity contribution in [3.05, 3.63) is 101 Å². The zero-order valence-corrected chi connectivity index (χ0v) is 21.8. The number of nitrogens with zero attached hydrogens (tertiary/aromatic N) is 4. The molecule has 0 aliphatic heterocycles. The fourth-order valence-corrected chi connectivity index (χ4v) is 4.94. The number of hydrogen-bond acceptors (Lipinski definition) is 6. The zero-order valence-electron chi connectivity index (χ0n) is 21.8. The molecule has 0 N–H and O–H groups in total. The number of benzene rings is 4. The average Bonchev–Trinajstić information content (AvgIpc) is 3.28. The van der Waals surface area contributed by atoms with Crippen LogP contribution in [0.1, 0.15) is 22.3 Å². The summed E-state index contributed by atoms with van der Waals surface area (Å²) in [6, 6.07) is 23.5. The molecule has 0 aromatic heterocycles. The summed E-state index contributed by atoms with van der Waals surface area (Å²) in [5.41, 5.74) is 3.00. The van der Waals surface area contributed by atoms with Gasteiger partial charge in [-0.05, 0) is 81.9 Å². The van der Waals surface area contributed by atoms with Crippen molar-refractivity contribution in [2.75, 3.05) is 0 Å². The van der Waals surface area contributed by atoms with Gasteiger partial charge in [-0.15, -0.1) is 26.3 Å². The van der Waals surface area contributed by atoms with Gasteiger partial charge in [0.15, 0.2) is 0 Å². The minimum atomic E-state index is -4.90. The Hall–Kier alpha value is -6.24. The molecule has 0 unspecified atom stereocenters. The van der Waals surface area contributed by atoms with Crippen LogP contribution < -0.4 is 9.47 Å². The molecule has 0 atom stereocenters. The second kappa shape index (κ2) is 10.9. The molecule has 4 aromatic carbocycles. The van der Waals surface area contributed by atoms with E-state index in [0.717, 1.165) is 24.3 Å². The van der Waals surface area contributed by atoms with Gasteiger partial charge < -0.3 is 9.47 Å². The van der Waals surface area contributed by atoms with E-state index < -0.39 is 24.2 Å². The van der Waals surface area contributed by atoms with Crippen molar-refractivity contribution in [3.8, 4) is 69.2 Å². The van der Waals surface area contributed by atoms with Gasteiger partial charge in [0.2, 0.25) is 0 Å². The van der Waals surface area contributed by atoms with Crippen molar-refractivity contribution in [3.63, 3.8) is 0 Å². The number of allylic oxidation sites excluding steroid dienone is 1. The van der Waals surface area contributed by atoms with Crippen LogP contribution in [0.15, 0.2) is 78.4 Å². The van der Waals surface area contributed by atoms with Crippen molar-refractivity contribution in [1.82, 2.24) is 0 Å². The topological polar surface area (TPSA) is 114 Å². The lowest BCUT2D eigenvalue weighted by Gasteiger charge is -2.12. The minimum absolute atomic E-state index is 0.124. The second-order valence-corrected chi connectivity index (χ2v) is 9.23. The Morgan fingerprint density at radius 2 is 0.864 bits per heavy atom. The number of alkyl halides is 6. The first kappa shape index (κ1) is 29.3. The Morgan fingerprint density at radius 3 is 1.16 bits per heavy atom. The molecule has 0 bridgehead atoms. The van der Waals surface area contributed by atoms with Gasteiger partial charge in [-0.3, -0.25) is 0 Å². The Balaban J connectivity index is 1.68. The van der Waals surface area contributed by atoms with Gasteiger partial charge in [0.05, 0.1) is 23.3 Å². The fraction of sp³-hybridized carbons (Fsp3) is 0.0625. The number of halogens is 6. The molecular formula is C32H12F6N4O2. The molecule has 0 saturated carbocycles. The second-order valence-electron chi connectivity index (χ2n) is 9.23. The quantitative estimate of drug-likeness (QED) is 0.152. The molecular weight excluding hydrogens is 586 g/mol. The molecule has 0 spiro atoms. The predicted octanol–water partition coefficient (Wildman–Crippen LogP) is 8.39. The van der Waals surface area contributed by atoms with Gasteiger partial charge >= 0.3 is 12.7 Å². The summed E-state index contributed by atoms with van der Waals surface area (Å²) in [4.78, 5) is 0. The lowest BCUT2D eigenvalue weighted by atomic mass is 9.92. The third-order valence-electron chi connectivity index (χ3n) is 6.66. The van der Waals surface area contributed by atoms with Crippen LogP contribution in [0.25, 0.3) is 39.0 Å². The highest BCUT2D eigenvalue weighted by atomic mass is 19.4. The molecule has 4 aromatic rings. The number of nitriles is 4. The highest BCUT2D eigenvalue weighted by molar-refractivity contribution is 6.07. The van der Waals surface area contributed by atoms with Crippen molar-refractivity contribution in [1.29, 1.82) is 21.0 Å². The molecule has 1 aliphatic rings. The normalized spacial score (nSPS) is 11.7. The molecule has 0 fully saturated rings. The Bertz CT molecular complexity index is 1870. The summed E-state index contributed by atoms with van der Waals surface area (Å²) in [5, 5.41) is 39.5. The summed E-state index contributed by atoms with van der Waals surface area (Å²) in [6.45, 7) is 0. The fourth-order valence-electron chi connectivity index (χ4n) is 4.94. The Labute approximate surface area is 245 Å². The first-order chi connectivity index (χ1) is 20.9.